The van der Waals surface area contributed by atoms with Gasteiger partial charge in [0.25, 0.3) is 5.91 Å². The summed E-state index contributed by atoms with van der Waals surface area (Å²) < 4.78 is 1.99. The minimum Gasteiger partial charge on any atom is -0.336 e. The molecule has 6 nitrogen and oxygen atoms in total. The number of nitrogens with zero attached hydrogens (tertiary/aromatic N) is 4. The molecule has 2 aliphatic rings. The number of aromatic nitrogens is 3. The van der Waals surface area contributed by atoms with Crippen molar-refractivity contribution >= 4 is 17.7 Å². The molecule has 1 atom stereocenters. The Hall–Kier alpha value is -2.12. The Kier molecular flexibility index (Phi) is 7.23. The van der Waals surface area contributed by atoms with Gasteiger partial charge in [0.1, 0.15) is 0 Å². The molecule has 1 fully saturated rings. The zero-order chi connectivity index (χ0) is 20.8. The second-order valence-electron chi connectivity index (χ2n) is 8.00. The predicted molar refractivity (Wildman–Crippen MR) is 122 cm³/mol. The molecule has 1 amide bonds. The smallest absolute Gasteiger partial charge is 0.274 e. The van der Waals surface area contributed by atoms with Crippen molar-refractivity contribution in [3.8, 4) is 0 Å². The molecule has 0 saturated carbocycles. The van der Waals surface area contributed by atoms with Crippen molar-refractivity contribution < 1.29 is 4.79 Å². The van der Waals surface area contributed by atoms with Crippen molar-refractivity contribution in [1.29, 1.82) is 0 Å². The van der Waals surface area contributed by atoms with E-state index < -0.39 is 0 Å². The highest BCUT2D eigenvalue weighted by Gasteiger charge is 2.31. The summed E-state index contributed by atoms with van der Waals surface area (Å²) in [4.78, 5) is 19.3. The van der Waals surface area contributed by atoms with Crippen molar-refractivity contribution in [2.24, 2.45) is 0 Å². The van der Waals surface area contributed by atoms with Crippen LogP contribution < -0.4 is 5.32 Å². The van der Waals surface area contributed by atoms with Crippen molar-refractivity contribution in [3.63, 3.8) is 0 Å². The lowest BCUT2D eigenvalue weighted by Crippen LogP contribution is -2.39. The van der Waals surface area contributed by atoms with Gasteiger partial charge in [-0.2, -0.15) is 16.9 Å². The third kappa shape index (κ3) is 4.95. The molecular formula is C23H31N5OS. The minimum absolute atomic E-state index is 0.104. The van der Waals surface area contributed by atoms with Crippen LogP contribution in [-0.2, 0) is 25.8 Å². The van der Waals surface area contributed by atoms with Gasteiger partial charge in [0, 0.05) is 54.3 Å². The van der Waals surface area contributed by atoms with Crippen LogP contribution in [0.15, 0.2) is 37.2 Å². The number of hydrogen-bond acceptors (Lipinski definition) is 5. The number of allylic oxidation sites excluding steroid dienone is 1. The molecule has 1 unspecified atom stereocenters. The molecule has 160 valence electrons. The molecule has 1 saturated heterocycles. The average molecular weight is 426 g/mol. The molecule has 30 heavy (non-hydrogen) atoms. The summed E-state index contributed by atoms with van der Waals surface area (Å²) in [6.45, 7) is 7.15. The maximum atomic E-state index is 13.2. The fourth-order valence-corrected chi connectivity index (χ4v) is 5.27. The van der Waals surface area contributed by atoms with Crippen LogP contribution in [-0.4, -0.2) is 62.8 Å². The number of carbonyl (C=O) groups is 1. The second kappa shape index (κ2) is 10.3. The number of rotatable bonds is 8. The molecule has 1 aliphatic carbocycles. The molecule has 0 aromatic carbocycles. The number of hydrogen-bond donors (Lipinski definition) is 1. The van der Waals surface area contributed by atoms with Gasteiger partial charge in [0.2, 0.25) is 0 Å². The Balaban J connectivity index is 1.40. The number of nitrogens with one attached hydrogen (secondary N) is 1. The Morgan fingerprint density at radius 1 is 1.30 bits per heavy atom. The highest BCUT2D eigenvalue weighted by Crippen LogP contribution is 2.27. The molecule has 0 radical (unpaired) electrons. The molecule has 4 rings (SSSR count). The van der Waals surface area contributed by atoms with Crippen molar-refractivity contribution in [3.05, 3.63) is 59.7 Å². The third-order valence-corrected chi connectivity index (χ3v) is 6.92. The summed E-state index contributed by atoms with van der Waals surface area (Å²) in [5.41, 5.74) is 4.37. The van der Waals surface area contributed by atoms with Gasteiger partial charge in [-0.25, -0.2) is 0 Å². The van der Waals surface area contributed by atoms with Crippen LogP contribution in [0.2, 0.25) is 0 Å². The molecule has 1 N–H and O–H groups in total. The number of pyridine rings is 1. The van der Waals surface area contributed by atoms with Crippen LogP contribution in [0.4, 0.5) is 0 Å². The Bertz CT molecular complexity index is 860. The Morgan fingerprint density at radius 2 is 2.10 bits per heavy atom. The van der Waals surface area contributed by atoms with Crippen LogP contribution in [0.5, 0.6) is 0 Å². The number of carbonyl (C=O) groups excluding carboxylic acids is 1. The van der Waals surface area contributed by atoms with Crippen LogP contribution in [0, 0.1) is 0 Å². The highest BCUT2D eigenvalue weighted by molar-refractivity contribution is 7.99. The second-order valence-corrected chi connectivity index (χ2v) is 9.23. The van der Waals surface area contributed by atoms with E-state index in [-0.39, 0.29) is 5.91 Å². The number of thioether (sulfide) groups is 1. The summed E-state index contributed by atoms with van der Waals surface area (Å²) in [6, 6.07) is 4.57. The number of amides is 1. The van der Waals surface area contributed by atoms with Gasteiger partial charge in [-0.15, -0.1) is 6.58 Å². The number of fused-ring (bicyclic) bond motifs is 1. The van der Waals surface area contributed by atoms with E-state index in [4.69, 9.17) is 5.10 Å². The normalized spacial score (nSPS) is 18.8. The van der Waals surface area contributed by atoms with Crippen LogP contribution >= 0.6 is 11.8 Å². The summed E-state index contributed by atoms with van der Waals surface area (Å²) in [7, 11) is 0. The third-order valence-electron chi connectivity index (χ3n) is 5.97. The van der Waals surface area contributed by atoms with Crippen LogP contribution in [0.25, 0.3) is 0 Å². The summed E-state index contributed by atoms with van der Waals surface area (Å²) in [5, 5.41) is 8.46. The van der Waals surface area contributed by atoms with Crippen LogP contribution in [0.1, 0.15) is 40.2 Å². The summed E-state index contributed by atoms with van der Waals surface area (Å²) in [6.07, 6.45) is 10.6. The van der Waals surface area contributed by atoms with Crippen LogP contribution in [0.3, 0.4) is 0 Å². The predicted octanol–water partition coefficient (Wildman–Crippen LogP) is 2.73. The van der Waals surface area contributed by atoms with Gasteiger partial charge in [-0.3, -0.25) is 14.5 Å². The van der Waals surface area contributed by atoms with Gasteiger partial charge in [0.15, 0.2) is 5.69 Å². The van der Waals surface area contributed by atoms with E-state index >= 15 is 0 Å². The van der Waals surface area contributed by atoms with E-state index in [1.54, 1.807) is 0 Å². The van der Waals surface area contributed by atoms with E-state index in [9.17, 15) is 4.79 Å². The summed E-state index contributed by atoms with van der Waals surface area (Å²) >= 11 is 1.92. The monoisotopic (exact) mass is 425 g/mol. The van der Waals surface area contributed by atoms with Crippen molar-refractivity contribution in [2.75, 3.05) is 31.1 Å². The van der Waals surface area contributed by atoms with E-state index in [0.29, 0.717) is 18.3 Å². The van der Waals surface area contributed by atoms with Gasteiger partial charge in [-0.1, -0.05) is 6.08 Å². The Labute approximate surface area is 183 Å². The molecule has 2 aromatic heterocycles. The number of aryl methyl sites for hydroxylation is 1. The largest absolute Gasteiger partial charge is 0.336 e. The maximum Gasteiger partial charge on any atom is 0.274 e. The zero-order valence-corrected chi connectivity index (χ0v) is 18.4. The fraction of sp³-hybridized carbons (Fsp3) is 0.522. The zero-order valence-electron chi connectivity index (χ0n) is 17.6. The molecule has 3 heterocycles. The van der Waals surface area contributed by atoms with Gasteiger partial charge >= 0.3 is 0 Å². The first kappa shape index (κ1) is 21.1. The van der Waals surface area contributed by atoms with Crippen molar-refractivity contribution in [2.45, 2.75) is 44.7 Å². The van der Waals surface area contributed by atoms with E-state index in [1.807, 2.05) is 39.8 Å². The first-order valence-corrected chi connectivity index (χ1v) is 12.1. The summed E-state index contributed by atoms with van der Waals surface area (Å²) in [5.74, 6) is 2.14. The lowest BCUT2D eigenvalue weighted by atomic mass is 9.91. The van der Waals surface area contributed by atoms with E-state index in [0.717, 1.165) is 68.8 Å². The topological polar surface area (TPSA) is 63.1 Å². The van der Waals surface area contributed by atoms with Crippen molar-refractivity contribution in [1.82, 2.24) is 25.0 Å². The van der Waals surface area contributed by atoms with Gasteiger partial charge < -0.3 is 10.2 Å². The standard InChI is InChI=1S/C23H31N5OS/c1-2-12-28-21-6-5-19(25-9-3-4-18-7-10-24-11-8-18)17-20(21)22(26-28)23(29)27-13-15-30-16-14-27/h2,7-8,10-11,19,25H,1,3-6,9,12-17H2. The molecule has 0 bridgehead atoms. The first-order chi connectivity index (χ1) is 14.8. The van der Waals surface area contributed by atoms with E-state index in [1.165, 1.54) is 11.3 Å². The molecule has 7 heteroatoms. The maximum absolute atomic E-state index is 13.2. The molecule has 1 aliphatic heterocycles. The lowest BCUT2D eigenvalue weighted by molar-refractivity contribution is 0.0764. The SMILES string of the molecule is C=CCn1nc(C(=O)N2CCSCC2)c2c1CCC(NCCCc1ccncc1)C2. The quantitative estimate of drug-likeness (QED) is 0.520. The molecule has 2 aromatic rings. The average Bonchev–Trinajstić information content (AvgIpc) is 3.15. The Morgan fingerprint density at radius 3 is 2.87 bits per heavy atom. The van der Waals surface area contributed by atoms with E-state index in [2.05, 4.69) is 29.0 Å². The highest BCUT2D eigenvalue weighted by atomic mass is 32.2. The first-order valence-electron chi connectivity index (χ1n) is 10.9. The minimum atomic E-state index is 0.104. The van der Waals surface area contributed by atoms with Gasteiger partial charge in [-0.05, 0) is 56.3 Å². The molecular weight excluding hydrogens is 394 g/mol. The van der Waals surface area contributed by atoms with Gasteiger partial charge in [0.05, 0.1) is 6.54 Å². The molecule has 0 spiro atoms. The fourth-order valence-electron chi connectivity index (χ4n) is 4.37. The lowest BCUT2D eigenvalue weighted by Gasteiger charge is -2.27.